The Kier molecular flexibility index (Phi) is 3.85. The molecule has 0 atom stereocenters. The lowest BCUT2D eigenvalue weighted by Gasteiger charge is -2.11. The zero-order valence-electron chi connectivity index (χ0n) is 9.05. The zero-order chi connectivity index (χ0) is 13.1. The molecule has 0 aromatic heterocycles. The maximum atomic E-state index is 13.1. The number of benzene rings is 2. The molecule has 0 aliphatic carbocycles. The Labute approximate surface area is 117 Å². The van der Waals surface area contributed by atoms with Gasteiger partial charge in [-0.1, -0.05) is 17.7 Å². The third-order valence-electron chi connectivity index (χ3n) is 2.27. The van der Waals surface area contributed by atoms with Gasteiger partial charge in [0, 0.05) is 10.2 Å². The van der Waals surface area contributed by atoms with Gasteiger partial charge in [0.25, 0.3) is 0 Å². The predicted molar refractivity (Wildman–Crippen MR) is 73.5 cm³/mol. The second-order valence-corrected chi connectivity index (χ2v) is 4.82. The molecule has 1 N–H and O–H groups in total. The molecule has 0 heterocycles. The van der Waals surface area contributed by atoms with Gasteiger partial charge in [0.15, 0.2) is 0 Å². The van der Waals surface area contributed by atoms with Crippen LogP contribution >= 0.6 is 27.5 Å². The maximum Gasteiger partial charge on any atom is 0.125 e. The van der Waals surface area contributed by atoms with Crippen molar-refractivity contribution in [1.29, 1.82) is 5.26 Å². The fourth-order valence-electron chi connectivity index (χ4n) is 1.47. The highest BCUT2D eigenvalue weighted by Crippen LogP contribution is 2.34. The predicted octanol–water partition coefficient (Wildman–Crippen LogP) is 4.86. The van der Waals surface area contributed by atoms with Gasteiger partial charge >= 0.3 is 0 Å². The van der Waals surface area contributed by atoms with Gasteiger partial charge in [-0.2, -0.15) is 5.26 Å². The Hall–Kier alpha value is -1.57. The Bertz CT molecular complexity index is 614. The highest BCUT2D eigenvalue weighted by Gasteiger charge is 2.08. The summed E-state index contributed by atoms with van der Waals surface area (Å²) in [7, 11) is 0. The summed E-state index contributed by atoms with van der Waals surface area (Å²) in [5.74, 6) is -0.414. The molecule has 2 nitrogen and oxygen atoms in total. The number of nitriles is 1. The van der Waals surface area contributed by atoms with Crippen LogP contribution in [0, 0.1) is 17.1 Å². The smallest absolute Gasteiger partial charge is 0.125 e. The molecule has 5 heteroatoms. The van der Waals surface area contributed by atoms with Gasteiger partial charge in [0.2, 0.25) is 0 Å². The van der Waals surface area contributed by atoms with Crippen LogP contribution in [0.5, 0.6) is 0 Å². The van der Waals surface area contributed by atoms with E-state index in [0.717, 1.165) is 0 Å². The molecular formula is C13H7BrClFN2. The third kappa shape index (κ3) is 2.81. The molecule has 0 spiro atoms. The van der Waals surface area contributed by atoms with Gasteiger partial charge in [-0.25, -0.2) is 4.39 Å². The van der Waals surface area contributed by atoms with Crippen LogP contribution in [-0.4, -0.2) is 0 Å². The maximum absolute atomic E-state index is 13.1. The third-order valence-corrected chi connectivity index (χ3v) is 3.19. The van der Waals surface area contributed by atoms with Gasteiger partial charge in [-0.15, -0.1) is 0 Å². The van der Waals surface area contributed by atoms with E-state index in [0.29, 0.717) is 21.4 Å². The Balaban J connectivity index is 2.37. The number of nitrogens with zero attached hydrogens (tertiary/aromatic N) is 1. The van der Waals surface area contributed by atoms with E-state index in [-0.39, 0.29) is 5.02 Å². The van der Waals surface area contributed by atoms with Crippen molar-refractivity contribution in [3.05, 3.63) is 57.3 Å². The standard InChI is InChI=1S/C13H7BrClFN2/c14-11-5-9(16)6-12(15)13(11)18-10-3-1-2-8(4-10)7-17/h1-6,18H. The quantitative estimate of drug-likeness (QED) is 0.856. The number of halogens is 3. The Morgan fingerprint density at radius 2 is 2.06 bits per heavy atom. The van der Waals surface area contributed by atoms with Crippen LogP contribution < -0.4 is 5.32 Å². The summed E-state index contributed by atoms with van der Waals surface area (Å²) in [6, 6.07) is 11.5. The molecule has 2 aromatic carbocycles. The van der Waals surface area contributed by atoms with Crippen LogP contribution in [0.4, 0.5) is 15.8 Å². The van der Waals surface area contributed by atoms with E-state index in [9.17, 15) is 4.39 Å². The second-order valence-electron chi connectivity index (χ2n) is 3.56. The van der Waals surface area contributed by atoms with Crippen molar-refractivity contribution < 1.29 is 4.39 Å². The lowest BCUT2D eigenvalue weighted by atomic mass is 10.2. The summed E-state index contributed by atoms with van der Waals surface area (Å²) in [5.41, 5.74) is 1.81. The van der Waals surface area contributed by atoms with Crippen LogP contribution in [0.1, 0.15) is 5.56 Å². The molecule has 0 saturated carbocycles. The van der Waals surface area contributed by atoms with Crippen LogP contribution in [0.2, 0.25) is 5.02 Å². The van der Waals surface area contributed by atoms with Crippen molar-refractivity contribution in [3.8, 4) is 6.07 Å². The van der Waals surface area contributed by atoms with Crippen molar-refractivity contribution in [2.24, 2.45) is 0 Å². The first kappa shape index (κ1) is 12.9. The zero-order valence-corrected chi connectivity index (χ0v) is 11.4. The van der Waals surface area contributed by atoms with E-state index in [1.165, 1.54) is 12.1 Å². The van der Waals surface area contributed by atoms with Crippen molar-refractivity contribution in [2.45, 2.75) is 0 Å². The summed E-state index contributed by atoms with van der Waals surface area (Å²) in [6.45, 7) is 0. The highest BCUT2D eigenvalue weighted by molar-refractivity contribution is 9.10. The summed E-state index contributed by atoms with van der Waals surface area (Å²) in [5, 5.41) is 12.1. The largest absolute Gasteiger partial charge is 0.353 e. The monoisotopic (exact) mass is 324 g/mol. The fraction of sp³-hybridized carbons (Fsp3) is 0. The van der Waals surface area contributed by atoms with Crippen molar-refractivity contribution in [1.82, 2.24) is 0 Å². The molecule has 2 aromatic rings. The normalized spacial score (nSPS) is 9.89. The number of hydrogen-bond donors (Lipinski definition) is 1. The first-order valence-electron chi connectivity index (χ1n) is 5.02. The lowest BCUT2D eigenvalue weighted by Crippen LogP contribution is -1.94. The summed E-state index contributed by atoms with van der Waals surface area (Å²) in [6.07, 6.45) is 0. The van der Waals surface area contributed by atoms with Gasteiger partial charge < -0.3 is 5.32 Å². The molecule has 0 radical (unpaired) electrons. The van der Waals surface area contributed by atoms with Gasteiger partial charge in [-0.3, -0.25) is 0 Å². The minimum atomic E-state index is -0.414. The minimum absolute atomic E-state index is 0.268. The van der Waals surface area contributed by atoms with Crippen LogP contribution in [0.3, 0.4) is 0 Å². The molecule has 0 amide bonds. The van der Waals surface area contributed by atoms with Gasteiger partial charge in [0.05, 0.1) is 22.3 Å². The van der Waals surface area contributed by atoms with Gasteiger partial charge in [-0.05, 0) is 46.3 Å². The van der Waals surface area contributed by atoms with E-state index in [4.69, 9.17) is 16.9 Å². The average Bonchev–Trinajstić information content (AvgIpc) is 2.34. The molecule has 0 fully saturated rings. The Morgan fingerprint density at radius 1 is 1.28 bits per heavy atom. The first-order valence-corrected chi connectivity index (χ1v) is 6.19. The van der Waals surface area contributed by atoms with Crippen LogP contribution in [-0.2, 0) is 0 Å². The molecule has 0 aliphatic rings. The Morgan fingerprint density at radius 3 is 2.72 bits per heavy atom. The molecule has 0 aliphatic heterocycles. The summed E-state index contributed by atoms with van der Waals surface area (Å²) < 4.78 is 13.6. The molecule has 0 bridgehead atoms. The molecule has 18 heavy (non-hydrogen) atoms. The number of nitrogens with one attached hydrogen (secondary N) is 1. The number of anilines is 2. The molecule has 0 unspecified atom stereocenters. The van der Waals surface area contributed by atoms with E-state index >= 15 is 0 Å². The highest BCUT2D eigenvalue weighted by atomic mass is 79.9. The SMILES string of the molecule is N#Cc1cccc(Nc2c(Cl)cc(F)cc2Br)c1. The van der Waals surface area contributed by atoms with E-state index < -0.39 is 5.82 Å². The minimum Gasteiger partial charge on any atom is -0.353 e. The topological polar surface area (TPSA) is 35.8 Å². The van der Waals surface area contributed by atoms with Crippen molar-refractivity contribution in [3.63, 3.8) is 0 Å². The van der Waals surface area contributed by atoms with Gasteiger partial charge in [0.1, 0.15) is 5.82 Å². The summed E-state index contributed by atoms with van der Waals surface area (Å²) in [4.78, 5) is 0. The van der Waals surface area contributed by atoms with E-state index in [1.807, 2.05) is 6.07 Å². The molecule has 90 valence electrons. The molecular weight excluding hydrogens is 319 g/mol. The second kappa shape index (κ2) is 5.38. The van der Waals surface area contributed by atoms with Crippen LogP contribution in [0.25, 0.3) is 0 Å². The van der Waals surface area contributed by atoms with Crippen molar-refractivity contribution in [2.75, 3.05) is 5.32 Å². The number of hydrogen-bond acceptors (Lipinski definition) is 2. The van der Waals surface area contributed by atoms with E-state index in [2.05, 4.69) is 21.2 Å². The van der Waals surface area contributed by atoms with E-state index in [1.54, 1.807) is 24.3 Å². The molecule has 0 saturated heterocycles. The van der Waals surface area contributed by atoms with Crippen molar-refractivity contribution >= 4 is 38.9 Å². The average molecular weight is 326 g/mol. The number of rotatable bonds is 2. The lowest BCUT2D eigenvalue weighted by molar-refractivity contribution is 0.627. The van der Waals surface area contributed by atoms with Crippen LogP contribution in [0.15, 0.2) is 40.9 Å². The summed E-state index contributed by atoms with van der Waals surface area (Å²) >= 11 is 9.20. The fourth-order valence-corrected chi connectivity index (χ4v) is 2.37. The molecule has 2 rings (SSSR count). The first-order chi connectivity index (χ1) is 8.60.